The molecule has 6 nitrogen and oxygen atoms in total. The number of hydrogen-bond donors (Lipinski definition) is 0. The third-order valence-electron chi connectivity index (χ3n) is 5.20. The fourth-order valence-electron chi connectivity index (χ4n) is 3.45. The molecule has 0 N–H and O–H groups in total. The second-order valence-electron chi connectivity index (χ2n) is 7.48. The Morgan fingerprint density at radius 1 is 0.871 bits per heavy atom. The Morgan fingerprint density at radius 2 is 1.58 bits per heavy atom. The molecule has 0 atom stereocenters. The number of aromatic nitrogens is 4. The van der Waals surface area contributed by atoms with Crippen molar-refractivity contribution >= 4 is 5.91 Å². The first-order valence-corrected chi connectivity index (χ1v) is 10.4. The van der Waals surface area contributed by atoms with E-state index in [0.717, 1.165) is 23.1 Å². The van der Waals surface area contributed by atoms with Crippen molar-refractivity contribution in [2.45, 2.75) is 33.0 Å². The molecule has 4 aromatic rings. The molecule has 0 bridgehead atoms. The summed E-state index contributed by atoms with van der Waals surface area (Å²) in [5, 5.41) is 4.13. The summed E-state index contributed by atoms with van der Waals surface area (Å²) in [7, 11) is 0. The highest BCUT2D eigenvalue weighted by molar-refractivity contribution is 5.94. The lowest BCUT2D eigenvalue weighted by molar-refractivity contribution is 0.0730. The minimum atomic E-state index is -0.00396. The van der Waals surface area contributed by atoms with Gasteiger partial charge in [0, 0.05) is 31.0 Å². The molecule has 0 radical (unpaired) electrons. The van der Waals surface area contributed by atoms with Crippen LogP contribution in [0.25, 0.3) is 0 Å². The summed E-state index contributed by atoms with van der Waals surface area (Å²) in [6.07, 6.45) is 7.74. The molecule has 2 aromatic carbocycles. The zero-order chi connectivity index (χ0) is 21.5. The molecule has 0 saturated carbocycles. The van der Waals surface area contributed by atoms with Gasteiger partial charge in [-0.15, -0.1) is 0 Å². The van der Waals surface area contributed by atoms with Crippen LogP contribution >= 0.6 is 0 Å². The van der Waals surface area contributed by atoms with E-state index >= 15 is 0 Å². The van der Waals surface area contributed by atoms with E-state index in [1.54, 1.807) is 17.2 Å². The first-order valence-electron chi connectivity index (χ1n) is 10.4. The zero-order valence-corrected chi connectivity index (χ0v) is 17.6. The van der Waals surface area contributed by atoms with Crippen molar-refractivity contribution < 1.29 is 4.79 Å². The molecule has 0 aliphatic heterocycles. The van der Waals surface area contributed by atoms with Gasteiger partial charge in [0.05, 0.1) is 6.54 Å². The number of amides is 1. The third-order valence-corrected chi connectivity index (χ3v) is 5.20. The monoisotopic (exact) mass is 411 g/mol. The number of hydrogen-bond acceptors (Lipinski definition) is 4. The van der Waals surface area contributed by atoms with Crippen molar-refractivity contribution in [2.24, 2.45) is 0 Å². The van der Waals surface area contributed by atoms with E-state index in [4.69, 9.17) is 0 Å². The number of nitrogens with zero attached hydrogens (tertiary/aromatic N) is 5. The number of rotatable bonds is 8. The van der Waals surface area contributed by atoms with E-state index in [0.29, 0.717) is 25.2 Å². The van der Waals surface area contributed by atoms with Gasteiger partial charge in [0.25, 0.3) is 5.91 Å². The van der Waals surface area contributed by atoms with Crippen LogP contribution in [-0.2, 0) is 26.1 Å². The van der Waals surface area contributed by atoms with Crippen molar-refractivity contribution in [2.75, 3.05) is 0 Å². The van der Waals surface area contributed by atoms with Gasteiger partial charge in [0.1, 0.15) is 12.7 Å². The number of carbonyl (C=O) groups excluding carboxylic acids is 1. The maximum absolute atomic E-state index is 13.4. The first kappa shape index (κ1) is 20.5. The van der Waals surface area contributed by atoms with Crippen LogP contribution in [0.4, 0.5) is 0 Å². The summed E-state index contributed by atoms with van der Waals surface area (Å²) < 4.78 is 1.76. The summed E-state index contributed by atoms with van der Waals surface area (Å²) in [5.74, 6) is -0.00396. The van der Waals surface area contributed by atoms with Crippen LogP contribution < -0.4 is 0 Å². The molecule has 0 spiro atoms. The molecule has 31 heavy (non-hydrogen) atoms. The molecule has 0 saturated heterocycles. The van der Waals surface area contributed by atoms with E-state index in [2.05, 4.69) is 46.3 Å². The standard InChI is InChI=1S/C25H25N5O/c1-2-20-5-7-21(8-6-20)15-29(16-23-4-3-13-26-14-23)25(31)24-11-9-22(10-12-24)17-30-19-27-18-28-30/h3-14,18-19H,2,15-17H2,1H3. The summed E-state index contributed by atoms with van der Waals surface area (Å²) in [6.45, 7) is 3.80. The minimum Gasteiger partial charge on any atom is -0.330 e. The molecular formula is C25H25N5O. The first-order chi connectivity index (χ1) is 15.2. The lowest BCUT2D eigenvalue weighted by Crippen LogP contribution is -2.30. The predicted octanol–water partition coefficient (Wildman–Crippen LogP) is 4.13. The van der Waals surface area contributed by atoms with E-state index in [-0.39, 0.29) is 5.91 Å². The Balaban J connectivity index is 1.53. The Morgan fingerprint density at radius 3 is 2.23 bits per heavy atom. The highest BCUT2D eigenvalue weighted by Crippen LogP contribution is 2.16. The average Bonchev–Trinajstić information content (AvgIpc) is 3.33. The van der Waals surface area contributed by atoms with Crippen LogP contribution in [0.3, 0.4) is 0 Å². The Kier molecular flexibility index (Phi) is 6.47. The molecule has 2 heterocycles. The SMILES string of the molecule is CCc1ccc(CN(Cc2cccnc2)C(=O)c2ccc(Cn3cncn3)cc2)cc1. The van der Waals surface area contributed by atoms with Gasteiger partial charge in [-0.2, -0.15) is 5.10 Å². The molecule has 156 valence electrons. The Labute approximate surface area is 182 Å². The van der Waals surface area contributed by atoms with Gasteiger partial charge >= 0.3 is 0 Å². The largest absolute Gasteiger partial charge is 0.330 e. The summed E-state index contributed by atoms with van der Waals surface area (Å²) in [4.78, 5) is 23.4. The third kappa shape index (κ3) is 5.42. The van der Waals surface area contributed by atoms with Crippen LogP contribution in [0, 0.1) is 0 Å². The second kappa shape index (κ2) is 9.80. The second-order valence-corrected chi connectivity index (χ2v) is 7.48. The minimum absolute atomic E-state index is 0.00396. The topological polar surface area (TPSA) is 63.9 Å². The number of carbonyl (C=O) groups is 1. The van der Waals surface area contributed by atoms with Crippen molar-refractivity contribution in [3.05, 3.63) is 114 Å². The normalized spacial score (nSPS) is 10.7. The van der Waals surface area contributed by atoms with E-state index in [1.165, 1.54) is 11.9 Å². The molecular weight excluding hydrogens is 386 g/mol. The molecule has 0 fully saturated rings. The van der Waals surface area contributed by atoms with Crippen molar-refractivity contribution in [1.82, 2.24) is 24.6 Å². The van der Waals surface area contributed by atoms with E-state index < -0.39 is 0 Å². The van der Waals surface area contributed by atoms with Gasteiger partial charge in [0.15, 0.2) is 0 Å². The van der Waals surface area contributed by atoms with Crippen LogP contribution in [0.1, 0.15) is 39.5 Å². The maximum atomic E-state index is 13.4. The quantitative estimate of drug-likeness (QED) is 0.437. The van der Waals surface area contributed by atoms with Gasteiger partial charge in [-0.3, -0.25) is 9.78 Å². The molecule has 4 rings (SSSR count). The van der Waals surface area contributed by atoms with Gasteiger partial charge in [0.2, 0.25) is 0 Å². The maximum Gasteiger partial charge on any atom is 0.254 e. The van der Waals surface area contributed by atoms with Crippen LogP contribution in [0.5, 0.6) is 0 Å². The molecule has 0 aliphatic rings. The van der Waals surface area contributed by atoms with Crippen molar-refractivity contribution in [3.63, 3.8) is 0 Å². The molecule has 0 unspecified atom stereocenters. The highest BCUT2D eigenvalue weighted by atomic mass is 16.2. The van der Waals surface area contributed by atoms with Gasteiger partial charge in [-0.1, -0.05) is 49.4 Å². The van der Waals surface area contributed by atoms with Crippen LogP contribution in [0.2, 0.25) is 0 Å². The highest BCUT2D eigenvalue weighted by Gasteiger charge is 2.17. The van der Waals surface area contributed by atoms with Crippen molar-refractivity contribution in [3.8, 4) is 0 Å². The van der Waals surface area contributed by atoms with Gasteiger partial charge in [-0.05, 0) is 46.9 Å². The van der Waals surface area contributed by atoms with Gasteiger partial charge < -0.3 is 4.90 Å². The van der Waals surface area contributed by atoms with Crippen LogP contribution in [0.15, 0.2) is 85.7 Å². The lowest BCUT2D eigenvalue weighted by atomic mass is 10.1. The predicted molar refractivity (Wildman–Crippen MR) is 119 cm³/mol. The smallest absolute Gasteiger partial charge is 0.254 e. The zero-order valence-electron chi connectivity index (χ0n) is 17.6. The Bertz CT molecular complexity index is 1090. The number of pyridine rings is 1. The van der Waals surface area contributed by atoms with Crippen molar-refractivity contribution in [1.29, 1.82) is 0 Å². The fourth-order valence-corrected chi connectivity index (χ4v) is 3.45. The molecule has 6 heteroatoms. The molecule has 1 amide bonds. The van der Waals surface area contributed by atoms with Crippen LogP contribution in [-0.4, -0.2) is 30.6 Å². The summed E-state index contributed by atoms with van der Waals surface area (Å²) in [5.41, 5.74) is 5.13. The Hall–Kier alpha value is -3.80. The van der Waals surface area contributed by atoms with Gasteiger partial charge in [-0.25, -0.2) is 9.67 Å². The lowest BCUT2D eigenvalue weighted by Gasteiger charge is -2.23. The molecule has 0 aliphatic carbocycles. The summed E-state index contributed by atoms with van der Waals surface area (Å²) in [6, 6.07) is 20.0. The molecule has 2 aromatic heterocycles. The fraction of sp³-hybridized carbons (Fsp3) is 0.200. The average molecular weight is 412 g/mol. The van der Waals surface area contributed by atoms with E-state index in [1.807, 2.05) is 47.5 Å². The number of benzene rings is 2. The van der Waals surface area contributed by atoms with E-state index in [9.17, 15) is 4.79 Å². The number of aryl methyl sites for hydroxylation is 1. The summed E-state index contributed by atoms with van der Waals surface area (Å²) >= 11 is 0.